The highest BCUT2D eigenvalue weighted by molar-refractivity contribution is 7.15. The number of allylic oxidation sites excluding steroid dienone is 2. The molecule has 138 valence electrons. The lowest BCUT2D eigenvalue weighted by molar-refractivity contribution is 0.0787. The van der Waals surface area contributed by atoms with Gasteiger partial charge in [0.1, 0.15) is 10.7 Å². The second-order valence-electron chi connectivity index (χ2n) is 7.32. The standard InChI is InChI=1S/C21H22N4OS/c26-21(25-10-1-2-11-25)17-7-6-15(12-22-17)20-24-18-13-23-16(14-4-3-5-14)8-9-19(18)27-20/h3-7,12,16,23H,1-2,8-11,13H2. The lowest BCUT2D eigenvalue weighted by Gasteiger charge is -2.20. The number of amides is 1. The Morgan fingerprint density at radius 3 is 2.81 bits per heavy atom. The van der Waals surface area contributed by atoms with Crippen LogP contribution < -0.4 is 5.32 Å². The first-order valence-corrected chi connectivity index (χ1v) is 10.5. The maximum atomic E-state index is 12.4. The first kappa shape index (κ1) is 16.8. The number of aromatic nitrogens is 2. The minimum Gasteiger partial charge on any atom is -0.337 e. The maximum Gasteiger partial charge on any atom is 0.272 e. The minimum absolute atomic E-state index is 0.0450. The largest absolute Gasteiger partial charge is 0.337 e. The van der Waals surface area contributed by atoms with E-state index in [4.69, 9.17) is 4.98 Å². The normalized spacial score (nSPS) is 21.4. The fraction of sp³-hybridized carbons (Fsp3) is 0.381. The molecule has 0 aromatic carbocycles. The average molecular weight is 379 g/mol. The van der Waals surface area contributed by atoms with Gasteiger partial charge in [-0.25, -0.2) is 4.98 Å². The van der Waals surface area contributed by atoms with Crippen molar-refractivity contribution in [2.24, 2.45) is 0 Å². The van der Waals surface area contributed by atoms with Gasteiger partial charge in [-0.3, -0.25) is 9.78 Å². The molecule has 1 N–H and O–H groups in total. The molecule has 2 aromatic heterocycles. The average Bonchev–Trinajstić information content (AvgIpc) is 3.29. The molecule has 0 bridgehead atoms. The highest BCUT2D eigenvalue weighted by Crippen LogP contribution is 2.32. The summed E-state index contributed by atoms with van der Waals surface area (Å²) in [6, 6.07) is 4.26. The fourth-order valence-electron chi connectivity index (χ4n) is 3.89. The van der Waals surface area contributed by atoms with E-state index in [1.54, 1.807) is 17.5 Å². The van der Waals surface area contributed by atoms with Gasteiger partial charge in [0.15, 0.2) is 0 Å². The number of nitrogens with zero attached hydrogens (tertiary/aromatic N) is 3. The molecule has 0 radical (unpaired) electrons. The molecule has 0 spiro atoms. The summed E-state index contributed by atoms with van der Waals surface area (Å²) in [5, 5.41) is 4.61. The van der Waals surface area contributed by atoms with E-state index in [1.165, 1.54) is 10.5 Å². The molecule has 1 amide bonds. The first-order chi connectivity index (χ1) is 13.3. The molecule has 1 atom stereocenters. The van der Waals surface area contributed by atoms with Gasteiger partial charge in [-0.1, -0.05) is 18.2 Å². The van der Waals surface area contributed by atoms with Gasteiger partial charge in [0.2, 0.25) is 0 Å². The van der Waals surface area contributed by atoms with E-state index in [1.807, 2.05) is 17.0 Å². The number of aryl methyl sites for hydroxylation is 1. The summed E-state index contributed by atoms with van der Waals surface area (Å²) in [5.74, 6) is 0.0450. The SMILES string of the molecule is O=C(c1ccc(-c2nc3c(s2)CCC(C2=CC=C2)NC3)cn1)N1CCCC1. The quantitative estimate of drug-likeness (QED) is 0.890. The number of pyridine rings is 1. The molecular formula is C21H22N4OS. The second kappa shape index (κ2) is 7.02. The summed E-state index contributed by atoms with van der Waals surface area (Å²) < 4.78 is 0. The number of fused-ring (bicyclic) bond motifs is 1. The van der Waals surface area contributed by atoms with Gasteiger partial charge in [0.25, 0.3) is 5.91 Å². The van der Waals surface area contributed by atoms with Gasteiger partial charge in [0.05, 0.1) is 5.69 Å². The maximum absolute atomic E-state index is 12.4. The van der Waals surface area contributed by atoms with Gasteiger partial charge >= 0.3 is 0 Å². The number of rotatable bonds is 3. The molecule has 5 nitrogen and oxygen atoms in total. The molecule has 2 aliphatic heterocycles. The zero-order valence-electron chi connectivity index (χ0n) is 15.1. The number of carbonyl (C=O) groups excluding carboxylic acids is 1. The number of hydrogen-bond donors (Lipinski definition) is 1. The molecule has 1 fully saturated rings. The molecule has 4 heterocycles. The number of likely N-dealkylation sites (tertiary alicyclic amines) is 1. The predicted molar refractivity (Wildman–Crippen MR) is 107 cm³/mol. The third-order valence-electron chi connectivity index (χ3n) is 5.56. The third kappa shape index (κ3) is 3.24. The highest BCUT2D eigenvalue weighted by atomic mass is 32.1. The summed E-state index contributed by atoms with van der Waals surface area (Å²) >= 11 is 1.76. The Morgan fingerprint density at radius 2 is 2.11 bits per heavy atom. The summed E-state index contributed by atoms with van der Waals surface area (Å²) in [6.45, 7) is 2.50. The van der Waals surface area contributed by atoms with Crippen LogP contribution in [0, 0.1) is 0 Å². The zero-order chi connectivity index (χ0) is 18.2. The van der Waals surface area contributed by atoms with Crippen molar-refractivity contribution in [2.75, 3.05) is 13.1 Å². The van der Waals surface area contributed by atoms with Crippen LogP contribution in [0.25, 0.3) is 10.6 Å². The van der Waals surface area contributed by atoms with Gasteiger partial charge < -0.3 is 10.2 Å². The summed E-state index contributed by atoms with van der Waals surface area (Å²) in [7, 11) is 0. The molecule has 3 aliphatic rings. The van der Waals surface area contributed by atoms with E-state index in [0.29, 0.717) is 11.7 Å². The van der Waals surface area contributed by atoms with Gasteiger partial charge in [-0.05, 0) is 43.4 Å². The van der Waals surface area contributed by atoms with Crippen LogP contribution in [0.2, 0.25) is 0 Å². The van der Waals surface area contributed by atoms with E-state index < -0.39 is 0 Å². The summed E-state index contributed by atoms with van der Waals surface area (Å²) in [5.41, 5.74) is 4.07. The number of thiazole rings is 1. The van der Waals surface area contributed by atoms with Crippen LogP contribution >= 0.6 is 11.3 Å². The van der Waals surface area contributed by atoms with Crippen LogP contribution in [0.1, 0.15) is 40.3 Å². The van der Waals surface area contributed by atoms with E-state index >= 15 is 0 Å². The van der Waals surface area contributed by atoms with Crippen molar-refractivity contribution in [3.05, 3.63) is 58.4 Å². The third-order valence-corrected chi connectivity index (χ3v) is 6.76. The second-order valence-corrected chi connectivity index (χ2v) is 8.40. The lowest BCUT2D eigenvalue weighted by atomic mass is 9.96. The van der Waals surface area contributed by atoms with E-state index in [9.17, 15) is 4.79 Å². The van der Waals surface area contributed by atoms with Crippen molar-refractivity contribution >= 4 is 17.2 Å². The van der Waals surface area contributed by atoms with E-state index in [-0.39, 0.29) is 5.91 Å². The summed E-state index contributed by atoms with van der Waals surface area (Å²) in [6.07, 6.45) is 12.6. The van der Waals surface area contributed by atoms with Crippen LogP contribution in [0.15, 0.2) is 42.1 Å². The molecule has 5 rings (SSSR count). The Morgan fingerprint density at radius 1 is 1.26 bits per heavy atom. The molecular weight excluding hydrogens is 356 g/mol. The Hall–Kier alpha value is -2.31. The fourth-order valence-corrected chi connectivity index (χ4v) is 4.97. The molecule has 1 aliphatic carbocycles. The molecule has 1 saturated heterocycles. The Labute approximate surface area is 162 Å². The van der Waals surface area contributed by atoms with Crippen LogP contribution in [0.3, 0.4) is 0 Å². The predicted octanol–water partition coefficient (Wildman–Crippen LogP) is 3.34. The first-order valence-electron chi connectivity index (χ1n) is 9.64. The van der Waals surface area contributed by atoms with E-state index in [0.717, 1.165) is 61.6 Å². The molecule has 1 unspecified atom stereocenters. The van der Waals surface area contributed by atoms with Crippen molar-refractivity contribution in [3.8, 4) is 10.6 Å². The van der Waals surface area contributed by atoms with E-state index in [2.05, 4.69) is 28.5 Å². The topological polar surface area (TPSA) is 58.1 Å². The minimum atomic E-state index is 0.0450. The van der Waals surface area contributed by atoms with Crippen molar-refractivity contribution in [1.82, 2.24) is 20.2 Å². The van der Waals surface area contributed by atoms with Crippen molar-refractivity contribution in [2.45, 2.75) is 38.3 Å². The monoisotopic (exact) mass is 378 g/mol. The molecule has 2 aromatic rings. The summed E-state index contributed by atoms with van der Waals surface area (Å²) in [4.78, 5) is 25.0. The smallest absolute Gasteiger partial charge is 0.272 e. The molecule has 6 heteroatoms. The highest BCUT2D eigenvalue weighted by Gasteiger charge is 2.23. The van der Waals surface area contributed by atoms with Gasteiger partial charge in [0, 0.05) is 42.3 Å². The Balaban J connectivity index is 1.31. The van der Waals surface area contributed by atoms with Crippen molar-refractivity contribution in [3.63, 3.8) is 0 Å². The Bertz CT molecular complexity index is 897. The molecule has 27 heavy (non-hydrogen) atoms. The van der Waals surface area contributed by atoms with Gasteiger partial charge in [-0.15, -0.1) is 11.3 Å². The van der Waals surface area contributed by atoms with Crippen LogP contribution in [-0.4, -0.2) is 39.9 Å². The molecule has 0 saturated carbocycles. The van der Waals surface area contributed by atoms with Crippen LogP contribution in [0.5, 0.6) is 0 Å². The van der Waals surface area contributed by atoms with Gasteiger partial charge in [-0.2, -0.15) is 0 Å². The lowest BCUT2D eigenvalue weighted by Crippen LogP contribution is -2.29. The van der Waals surface area contributed by atoms with Crippen LogP contribution in [-0.2, 0) is 13.0 Å². The number of hydrogen-bond acceptors (Lipinski definition) is 5. The zero-order valence-corrected chi connectivity index (χ0v) is 16.0. The number of carbonyl (C=O) groups is 1. The van der Waals surface area contributed by atoms with Crippen molar-refractivity contribution in [1.29, 1.82) is 0 Å². The number of nitrogens with one attached hydrogen (secondary N) is 1. The Kier molecular flexibility index (Phi) is 4.38. The van der Waals surface area contributed by atoms with Crippen LogP contribution in [0.4, 0.5) is 0 Å². The van der Waals surface area contributed by atoms with Crippen molar-refractivity contribution < 1.29 is 4.79 Å².